The summed E-state index contributed by atoms with van der Waals surface area (Å²) in [6, 6.07) is 4.51. The van der Waals surface area contributed by atoms with Gasteiger partial charge in [0, 0.05) is 6.54 Å². The van der Waals surface area contributed by atoms with E-state index in [1.165, 1.54) is 6.07 Å². The van der Waals surface area contributed by atoms with Crippen molar-refractivity contribution in [2.75, 3.05) is 11.9 Å². The lowest BCUT2D eigenvalue weighted by Crippen LogP contribution is -2.04. The summed E-state index contributed by atoms with van der Waals surface area (Å²) < 4.78 is 19.0. The topological polar surface area (TPSA) is 47.0 Å². The molecule has 0 atom stereocenters. The van der Waals surface area contributed by atoms with Crippen molar-refractivity contribution in [1.82, 2.24) is 9.97 Å². The van der Waals surface area contributed by atoms with E-state index < -0.39 is 0 Å². The first-order valence-electron chi connectivity index (χ1n) is 6.31. The van der Waals surface area contributed by atoms with Gasteiger partial charge >= 0.3 is 0 Å². The van der Waals surface area contributed by atoms with Gasteiger partial charge in [0.05, 0.1) is 22.6 Å². The molecule has 0 aliphatic heterocycles. The monoisotopic (exact) mass is 339 g/mol. The Morgan fingerprint density at radius 2 is 2.15 bits per heavy atom. The Labute approximate surface area is 125 Å². The fourth-order valence-electron chi connectivity index (χ4n) is 1.50. The van der Waals surface area contributed by atoms with E-state index in [2.05, 4.69) is 38.1 Å². The lowest BCUT2D eigenvalue weighted by molar-refractivity contribution is 0.300. The van der Waals surface area contributed by atoms with E-state index in [0.29, 0.717) is 22.5 Å². The number of aromatic nitrogens is 2. The number of rotatable bonds is 6. The highest BCUT2D eigenvalue weighted by Gasteiger charge is 2.03. The molecular formula is C14H15BrFN3O. The van der Waals surface area contributed by atoms with E-state index >= 15 is 0 Å². The first-order valence-corrected chi connectivity index (χ1v) is 7.11. The molecule has 0 amide bonds. The molecule has 0 saturated heterocycles. The van der Waals surface area contributed by atoms with Crippen molar-refractivity contribution < 1.29 is 9.13 Å². The number of hydrogen-bond donors (Lipinski definition) is 1. The lowest BCUT2D eigenvalue weighted by atomic mass is 10.3. The number of nitrogens with one attached hydrogen (secondary N) is 1. The third-order valence-corrected chi connectivity index (χ3v) is 3.15. The summed E-state index contributed by atoms with van der Waals surface area (Å²) in [6.07, 6.45) is 4.37. The van der Waals surface area contributed by atoms with Crippen LogP contribution in [0, 0.1) is 5.82 Å². The quantitative estimate of drug-likeness (QED) is 0.869. The van der Waals surface area contributed by atoms with Crippen LogP contribution in [0.1, 0.15) is 19.0 Å². The van der Waals surface area contributed by atoms with E-state index in [1.54, 1.807) is 24.5 Å². The molecular weight excluding hydrogens is 325 g/mol. The Morgan fingerprint density at radius 1 is 1.30 bits per heavy atom. The summed E-state index contributed by atoms with van der Waals surface area (Å²) in [4.78, 5) is 8.49. The number of hydrogen-bond acceptors (Lipinski definition) is 4. The maximum Gasteiger partial charge on any atom is 0.144 e. The second-order valence-electron chi connectivity index (χ2n) is 4.18. The molecule has 0 spiro atoms. The number of ether oxygens (including phenoxy) is 1. The SMILES string of the molecule is CCCNc1cnc(COc2ccc(F)c(Br)c2)cn1. The Kier molecular flexibility index (Phi) is 5.29. The number of benzene rings is 1. The first kappa shape index (κ1) is 14.7. The van der Waals surface area contributed by atoms with E-state index in [0.717, 1.165) is 18.8 Å². The summed E-state index contributed by atoms with van der Waals surface area (Å²) in [5.74, 6) is 1.01. The van der Waals surface area contributed by atoms with Gasteiger partial charge in [0.15, 0.2) is 0 Å². The zero-order valence-electron chi connectivity index (χ0n) is 11.1. The van der Waals surface area contributed by atoms with Gasteiger partial charge in [0.2, 0.25) is 0 Å². The van der Waals surface area contributed by atoms with Crippen LogP contribution >= 0.6 is 15.9 Å². The predicted octanol–water partition coefficient (Wildman–Crippen LogP) is 3.78. The lowest BCUT2D eigenvalue weighted by Gasteiger charge is -2.07. The van der Waals surface area contributed by atoms with E-state index in [1.807, 2.05) is 0 Å². The molecule has 2 rings (SSSR count). The Bertz CT molecular complexity index is 563. The van der Waals surface area contributed by atoms with Crippen molar-refractivity contribution in [3.8, 4) is 5.75 Å². The maximum absolute atomic E-state index is 13.1. The fourth-order valence-corrected chi connectivity index (χ4v) is 1.86. The van der Waals surface area contributed by atoms with Crippen LogP contribution in [0.15, 0.2) is 35.1 Å². The van der Waals surface area contributed by atoms with Crippen LogP contribution in [0.25, 0.3) is 0 Å². The molecule has 6 heteroatoms. The van der Waals surface area contributed by atoms with Crippen LogP contribution in [-0.4, -0.2) is 16.5 Å². The molecule has 106 valence electrons. The van der Waals surface area contributed by atoms with E-state index in [9.17, 15) is 4.39 Å². The molecule has 4 nitrogen and oxygen atoms in total. The molecule has 1 aromatic heterocycles. The van der Waals surface area contributed by atoms with Crippen LogP contribution < -0.4 is 10.1 Å². The second-order valence-corrected chi connectivity index (χ2v) is 5.04. The Morgan fingerprint density at radius 3 is 2.80 bits per heavy atom. The molecule has 1 heterocycles. The van der Waals surface area contributed by atoms with Crippen LogP contribution in [0.3, 0.4) is 0 Å². The van der Waals surface area contributed by atoms with E-state index in [-0.39, 0.29) is 5.82 Å². The van der Waals surface area contributed by atoms with Crippen molar-refractivity contribution in [3.63, 3.8) is 0 Å². The van der Waals surface area contributed by atoms with Gasteiger partial charge in [0.25, 0.3) is 0 Å². The smallest absolute Gasteiger partial charge is 0.144 e. The number of anilines is 1. The van der Waals surface area contributed by atoms with Gasteiger partial charge in [0.1, 0.15) is 24.0 Å². The zero-order valence-corrected chi connectivity index (χ0v) is 12.7. The molecule has 20 heavy (non-hydrogen) atoms. The molecule has 0 saturated carbocycles. The van der Waals surface area contributed by atoms with Crippen molar-refractivity contribution in [1.29, 1.82) is 0 Å². The summed E-state index contributed by atoms with van der Waals surface area (Å²) >= 11 is 3.11. The van der Waals surface area contributed by atoms with Gasteiger partial charge in [-0.15, -0.1) is 0 Å². The van der Waals surface area contributed by atoms with Gasteiger partial charge in [-0.1, -0.05) is 6.92 Å². The van der Waals surface area contributed by atoms with Gasteiger partial charge in [-0.3, -0.25) is 4.98 Å². The van der Waals surface area contributed by atoms with Crippen molar-refractivity contribution >= 4 is 21.7 Å². The van der Waals surface area contributed by atoms with Gasteiger partial charge in [-0.2, -0.15) is 0 Å². The molecule has 1 N–H and O–H groups in total. The molecule has 0 aliphatic carbocycles. The van der Waals surface area contributed by atoms with Crippen LogP contribution in [0.5, 0.6) is 5.75 Å². The molecule has 0 bridgehead atoms. The molecule has 0 unspecified atom stereocenters. The van der Waals surface area contributed by atoms with Crippen LogP contribution in [0.2, 0.25) is 0 Å². The van der Waals surface area contributed by atoms with Crippen molar-refractivity contribution in [3.05, 3.63) is 46.6 Å². The molecule has 2 aromatic rings. The average Bonchev–Trinajstić information content (AvgIpc) is 2.47. The van der Waals surface area contributed by atoms with Crippen molar-refractivity contribution in [2.45, 2.75) is 20.0 Å². The third kappa shape index (κ3) is 4.16. The normalized spacial score (nSPS) is 10.3. The highest BCUT2D eigenvalue weighted by atomic mass is 79.9. The Balaban J connectivity index is 1.91. The minimum atomic E-state index is -0.316. The summed E-state index contributed by atoms with van der Waals surface area (Å²) in [7, 11) is 0. The van der Waals surface area contributed by atoms with Gasteiger partial charge in [-0.05, 0) is 40.5 Å². The standard InChI is InChI=1S/C14H15BrFN3O/c1-2-5-17-14-8-18-10(7-19-14)9-20-11-3-4-13(16)12(15)6-11/h3-4,6-8H,2,5,9H2,1H3,(H,17,19). The number of nitrogens with zero attached hydrogens (tertiary/aromatic N) is 2. The minimum Gasteiger partial charge on any atom is -0.487 e. The molecule has 0 fully saturated rings. The summed E-state index contributed by atoms with van der Waals surface area (Å²) in [5.41, 5.74) is 0.715. The molecule has 0 aliphatic rings. The molecule has 1 aromatic carbocycles. The van der Waals surface area contributed by atoms with Crippen molar-refractivity contribution in [2.24, 2.45) is 0 Å². The second kappa shape index (κ2) is 7.19. The summed E-state index contributed by atoms with van der Waals surface area (Å²) in [6.45, 7) is 3.25. The number of halogens is 2. The largest absolute Gasteiger partial charge is 0.487 e. The first-order chi connectivity index (χ1) is 9.69. The fraction of sp³-hybridized carbons (Fsp3) is 0.286. The van der Waals surface area contributed by atoms with Crippen LogP contribution in [-0.2, 0) is 6.61 Å². The van der Waals surface area contributed by atoms with E-state index in [4.69, 9.17) is 4.74 Å². The zero-order chi connectivity index (χ0) is 14.4. The highest BCUT2D eigenvalue weighted by Crippen LogP contribution is 2.22. The predicted molar refractivity (Wildman–Crippen MR) is 79.2 cm³/mol. The summed E-state index contributed by atoms with van der Waals surface area (Å²) in [5, 5.41) is 3.15. The molecule has 0 radical (unpaired) electrons. The van der Waals surface area contributed by atoms with Crippen LogP contribution in [0.4, 0.5) is 10.2 Å². The third-order valence-electron chi connectivity index (χ3n) is 2.54. The highest BCUT2D eigenvalue weighted by molar-refractivity contribution is 9.10. The van der Waals surface area contributed by atoms with Gasteiger partial charge in [-0.25, -0.2) is 9.37 Å². The van der Waals surface area contributed by atoms with Gasteiger partial charge < -0.3 is 10.1 Å². The Hall–Kier alpha value is -1.69. The maximum atomic E-state index is 13.1. The average molecular weight is 340 g/mol. The minimum absolute atomic E-state index is 0.291.